The van der Waals surface area contributed by atoms with Gasteiger partial charge in [0.15, 0.2) is 0 Å². The molecule has 0 aromatic heterocycles. The Morgan fingerprint density at radius 1 is 1.35 bits per heavy atom. The van der Waals surface area contributed by atoms with Crippen LogP contribution in [0.2, 0.25) is 5.02 Å². The molecule has 7 heteroatoms. The van der Waals surface area contributed by atoms with E-state index in [1.165, 1.54) is 6.07 Å². The van der Waals surface area contributed by atoms with Gasteiger partial charge in [0.05, 0.1) is 23.9 Å². The van der Waals surface area contributed by atoms with Gasteiger partial charge in [0.1, 0.15) is 5.82 Å². The van der Waals surface area contributed by atoms with E-state index < -0.39 is 11.5 Å². The number of anilines is 1. The number of rotatable bonds is 7. The van der Waals surface area contributed by atoms with Crippen LogP contribution in [-0.4, -0.2) is 53.1 Å². The summed E-state index contributed by atoms with van der Waals surface area (Å²) in [6.45, 7) is 0.829. The van der Waals surface area contributed by atoms with Crippen molar-refractivity contribution in [2.75, 3.05) is 31.6 Å². The van der Waals surface area contributed by atoms with Gasteiger partial charge < -0.3 is 21.3 Å². The lowest BCUT2D eigenvalue weighted by Gasteiger charge is -2.49. The summed E-state index contributed by atoms with van der Waals surface area (Å²) in [4.78, 5) is 2.02. The van der Waals surface area contributed by atoms with Crippen molar-refractivity contribution in [1.29, 1.82) is 0 Å². The Labute approximate surface area is 141 Å². The minimum atomic E-state index is -0.482. The molecule has 0 bridgehead atoms. The summed E-state index contributed by atoms with van der Waals surface area (Å²) >= 11 is 5.87. The summed E-state index contributed by atoms with van der Waals surface area (Å²) in [5.41, 5.74) is 6.39. The van der Waals surface area contributed by atoms with Crippen LogP contribution >= 0.6 is 11.6 Å². The van der Waals surface area contributed by atoms with Crippen LogP contribution in [0.4, 0.5) is 10.1 Å². The van der Waals surface area contributed by atoms with Crippen molar-refractivity contribution in [2.45, 2.75) is 37.4 Å². The summed E-state index contributed by atoms with van der Waals surface area (Å²) in [6.07, 6.45) is 3.40. The first-order chi connectivity index (χ1) is 11.0. The predicted octanol–water partition coefficient (Wildman–Crippen LogP) is 1.78. The Hall–Kier alpha value is -0.920. The number of benzene rings is 1. The zero-order valence-corrected chi connectivity index (χ0v) is 13.9. The highest BCUT2D eigenvalue weighted by molar-refractivity contribution is 6.31. The summed E-state index contributed by atoms with van der Waals surface area (Å²) < 4.78 is 13.4. The Morgan fingerprint density at radius 2 is 2.04 bits per heavy atom. The lowest BCUT2D eigenvalue weighted by molar-refractivity contribution is 0.0366. The maximum atomic E-state index is 13.4. The maximum Gasteiger partial charge on any atom is 0.141 e. The summed E-state index contributed by atoms with van der Waals surface area (Å²) in [6, 6.07) is 4.55. The van der Waals surface area contributed by atoms with Crippen LogP contribution in [0.15, 0.2) is 18.2 Å². The monoisotopic (exact) mass is 345 g/mol. The molecule has 1 aromatic carbocycles. The highest BCUT2D eigenvalue weighted by atomic mass is 35.5. The molecule has 0 amide bonds. The lowest BCUT2D eigenvalue weighted by atomic mass is 9.84. The van der Waals surface area contributed by atoms with Crippen molar-refractivity contribution in [3.05, 3.63) is 29.0 Å². The van der Waals surface area contributed by atoms with Crippen LogP contribution in [0.1, 0.15) is 25.7 Å². The van der Waals surface area contributed by atoms with Crippen LogP contribution in [0.25, 0.3) is 0 Å². The largest absolute Gasteiger partial charge is 0.395 e. The number of hydrogen-bond donors (Lipinski definition) is 4. The SMILES string of the molecule is NC1CCCC(Nc2ccc(F)c(Cl)c2)(N(CCO)CCO)C1. The van der Waals surface area contributed by atoms with Crippen molar-refractivity contribution < 1.29 is 14.6 Å². The van der Waals surface area contributed by atoms with Crippen LogP contribution in [0, 0.1) is 5.82 Å². The van der Waals surface area contributed by atoms with E-state index in [9.17, 15) is 14.6 Å². The van der Waals surface area contributed by atoms with E-state index in [1.54, 1.807) is 12.1 Å². The lowest BCUT2D eigenvalue weighted by Crippen LogP contribution is -2.60. The van der Waals surface area contributed by atoms with Gasteiger partial charge in [-0.3, -0.25) is 4.90 Å². The van der Waals surface area contributed by atoms with Gasteiger partial charge in [0.25, 0.3) is 0 Å². The molecule has 0 spiro atoms. The van der Waals surface area contributed by atoms with E-state index in [0.717, 1.165) is 19.3 Å². The predicted molar refractivity (Wildman–Crippen MR) is 90.0 cm³/mol. The summed E-state index contributed by atoms with van der Waals surface area (Å²) in [5, 5.41) is 22.2. The summed E-state index contributed by atoms with van der Waals surface area (Å²) in [5.74, 6) is -0.464. The third-order valence-corrected chi connectivity index (χ3v) is 4.70. The second kappa shape index (κ2) is 8.26. The zero-order valence-electron chi connectivity index (χ0n) is 13.1. The zero-order chi connectivity index (χ0) is 16.9. The average molecular weight is 346 g/mol. The number of nitrogens with two attached hydrogens (primary N) is 1. The van der Waals surface area contributed by atoms with E-state index >= 15 is 0 Å². The molecular weight excluding hydrogens is 321 g/mol. The molecule has 5 nitrogen and oxygen atoms in total. The molecule has 5 N–H and O–H groups in total. The molecule has 1 aliphatic carbocycles. The smallest absolute Gasteiger partial charge is 0.141 e. The number of aliphatic hydroxyl groups excluding tert-OH is 2. The maximum absolute atomic E-state index is 13.4. The molecule has 1 aliphatic rings. The topological polar surface area (TPSA) is 81.8 Å². The molecule has 0 radical (unpaired) electrons. The number of halogens is 2. The van der Waals surface area contributed by atoms with Crippen molar-refractivity contribution in [3.63, 3.8) is 0 Å². The van der Waals surface area contributed by atoms with Crippen LogP contribution in [-0.2, 0) is 0 Å². The highest BCUT2D eigenvalue weighted by Gasteiger charge is 2.40. The molecule has 0 saturated heterocycles. The number of nitrogens with zero attached hydrogens (tertiary/aromatic N) is 1. The van der Waals surface area contributed by atoms with E-state index in [0.29, 0.717) is 25.2 Å². The molecule has 2 unspecified atom stereocenters. The van der Waals surface area contributed by atoms with Gasteiger partial charge in [0.2, 0.25) is 0 Å². The molecule has 0 aliphatic heterocycles. The van der Waals surface area contributed by atoms with Gasteiger partial charge in [-0.25, -0.2) is 4.39 Å². The fourth-order valence-corrected chi connectivity index (χ4v) is 3.58. The van der Waals surface area contributed by atoms with Crippen LogP contribution in [0.3, 0.4) is 0 Å². The van der Waals surface area contributed by atoms with E-state index in [-0.39, 0.29) is 24.3 Å². The van der Waals surface area contributed by atoms with Gasteiger partial charge in [0, 0.05) is 24.8 Å². The van der Waals surface area contributed by atoms with Gasteiger partial charge in [-0.05, 0) is 43.9 Å². The molecule has 1 aromatic rings. The first kappa shape index (κ1) is 18.4. The van der Waals surface area contributed by atoms with Crippen LogP contribution in [0.5, 0.6) is 0 Å². The second-order valence-corrected chi connectivity index (χ2v) is 6.48. The normalized spacial score (nSPS) is 24.9. The molecule has 130 valence electrons. The Balaban J connectivity index is 2.29. The Bertz CT molecular complexity index is 514. The van der Waals surface area contributed by atoms with Crippen molar-refractivity contribution in [3.8, 4) is 0 Å². The number of aliphatic hydroxyl groups is 2. The minimum Gasteiger partial charge on any atom is -0.395 e. The third kappa shape index (κ3) is 4.55. The van der Waals surface area contributed by atoms with Crippen molar-refractivity contribution in [2.24, 2.45) is 5.73 Å². The number of hydrogen-bond acceptors (Lipinski definition) is 5. The Morgan fingerprint density at radius 3 is 2.61 bits per heavy atom. The minimum absolute atomic E-state index is 0.0111. The first-order valence-corrected chi connectivity index (χ1v) is 8.34. The van der Waals surface area contributed by atoms with E-state index in [2.05, 4.69) is 5.32 Å². The number of nitrogens with one attached hydrogen (secondary N) is 1. The molecule has 1 fully saturated rings. The molecular formula is C16H25ClFN3O2. The van der Waals surface area contributed by atoms with E-state index in [1.807, 2.05) is 4.90 Å². The fourth-order valence-electron chi connectivity index (χ4n) is 3.40. The van der Waals surface area contributed by atoms with Gasteiger partial charge in [-0.15, -0.1) is 0 Å². The van der Waals surface area contributed by atoms with Gasteiger partial charge in [-0.2, -0.15) is 0 Å². The third-order valence-electron chi connectivity index (χ3n) is 4.41. The van der Waals surface area contributed by atoms with Crippen molar-refractivity contribution >= 4 is 17.3 Å². The molecule has 23 heavy (non-hydrogen) atoms. The van der Waals surface area contributed by atoms with Gasteiger partial charge in [-0.1, -0.05) is 11.6 Å². The standard InChI is InChI=1S/C16H25ClFN3O2/c17-14-10-13(3-4-15(14)18)20-16(5-1-2-12(19)11-16)21(6-8-22)7-9-23/h3-4,10,12,20,22-23H,1-2,5-9,11,19H2. The van der Waals surface area contributed by atoms with Crippen LogP contribution < -0.4 is 11.1 Å². The molecule has 2 rings (SSSR count). The Kier molecular flexibility index (Phi) is 6.61. The fraction of sp³-hybridized carbons (Fsp3) is 0.625. The van der Waals surface area contributed by atoms with Gasteiger partial charge >= 0.3 is 0 Å². The van der Waals surface area contributed by atoms with Crippen molar-refractivity contribution in [1.82, 2.24) is 4.90 Å². The highest BCUT2D eigenvalue weighted by Crippen LogP contribution is 2.35. The summed E-state index contributed by atoms with van der Waals surface area (Å²) in [7, 11) is 0. The first-order valence-electron chi connectivity index (χ1n) is 7.96. The van der Waals surface area contributed by atoms with E-state index in [4.69, 9.17) is 17.3 Å². The average Bonchev–Trinajstić information content (AvgIpc) is 2.51. The molecule has 1 saturated carbocycles. The second-order valence-electron chi connectivity index (χ2n) is 6.08. The quantitative estimate of drug-likeness (QED) is 0.566. The molecule has 0 heterocycles. The molecule has 2 atom stereocenters.